The molecule has 8 nitrogen and oxygen atoms in total. The Bertz CT molecular complexity index is 1190. The van der Waals surface area contributed by atoms with Gasteiger partial charge in [-0.3, -0.25) is 9.59 Å². The molecule has 0 bridgehead atoms. The molecule has 0 aliphatic carbocycles. The number of methoxy groups -OCH3 is 1. The highest BCUT2D eigenvalue weighted by Crippen LogP contribution is 2.23. The molecule has 1 aromatic heterocycles. The number of hydrogen-bond donors (Lipinski definition) is 2. The van der Waals surface area contributed by atoms with Crippen LogP contribution in [-0.2, 0) is 22.6 Å². The van der Waals surface area contributed by atoms with E-state index in [9.17, 15) is 9.59 Å². The van der Waals surface area contributed by atoms with E-state index in [-0.39, 0.29) is 30.0 Å². The Morgan fingerprint density at radius 1 is 1.14 bits per heavy atom. The predicted octanol–water partition coefficient (Wildman–Crippen LogP) is 4.24. The smallest absolute Gasteiger partial charge is 0.234 e. The molecule has 184 valence electrons. The van der Waals surface area contributed by atoms with Crippen molar-refractivity contribution in [1.29, 1.82) is 0 Å². The van der Waals surface area contributed by atoms with Crippen LogP contribution < -0.4 is 15.4 Å². The molecule has 0 radical (unpaired) electrons. The minimum Gasteiger partial charge on any atom is -0.497 e. The third-order valence-corrected chi connectivity index (χ3v) is 6.52. The van der Waals surface area contributed by atoms with E-state index < -0.39 is 0 Å². The van der Waals surface area contributed by atoms with E-state index in [4.69, 9.17) is 4.74 Å². The second-order valence-corrected chi connectivity index (χ2v) is 9.08. The summed E-state index contributed by atoms with van der Waals surface area (Å²) in [6, 6.07) is 12.8. The molecular weight excluding hydrogens is 462 g/mol. The lowest BCUT2D eigenvalue weighted by atomic mass is 10.1. The minimum atomic E-state index is -0.369. The number of anilines is 1. The first-order valence-corrected chi connectivity index (χ1v) is 12.3. The molecule has 1 atom stereocenters. The van der Waals surface area contributed by atoms with Crippen LogP contribution in [0.4, 0.5) is 5.69 Å². The fourth-order valence-electron chi connectivity index (χ4n) is 3.52. The number of benzene rings is 2. The number of nitrogens with one attached hydrogen (secondary N) is 2. The van der Waals surface area contributed by atoms with E-state index in [0.29, 0.717) is 17.5 Å². The Labute approximate surface area is 210 Å². The average Bonchev–Trinajstić information content (AvgIpc) is 3.24. The Morgan fingerprint density at radius 3 is 2.57 bits per heavy atom. The van der Waals surface area contributed by atoms with E-state index in [1.807, 2.05) is 67.8 Å². The Morgan fingerprint density at radius 2 is 1.89 bits per heavy atom. The Hall–Kier alpha value is -3.59. The lowest BCUT2D eigenvalue weighted by Crippen LogP contribution is -2.30. The first-order chi connectivity index (χ1) is 16.8. The first kappa shape index (κ1) is 26.0. The van der Waals surface area contributed by atoms with Crippen LogP contribution in [0.25, 0.3) is 0 Å². The molecule has 0 spiro atoms. The number of nitrogens with zero attached hydrogens (tertiary/aromatic N) is 3. The van der Waals surface area contributed by atoms with Gasteiger partial charge in [-0.2, -0.15) is 0 Å². The molecule has 0 saturated heterocycles. The van der Waals surface area contributed by atoms with Crippen molar-refractivity contribution < 1.29 is 14.3 Å². The van der Waals surface area contributed by atoms with Crippen molar-refractivity contribution in [3.63, 3.8) is 0 Å². The average molecular weight is 494 g/mol. The third-order valence-electron chi connectivity index (χ3n) is 5.56. The van der Waals surface area contributed by atoms with Crippen LogP contribution in [0.5, 0.6) is 5.75 Å². The summed E-state index contributed by atoms with van der Waals surface area (Å²) in [6.45, 7) is 10.1. The van der Waals surface area contributed by atoms with Crippen LogP contribution in [0.2, 0.25) is 0 Å². The normalized spacial score (nSPS) is 11.5. The number of thioether (sulfide) groups is 1. The molecule has 9 heteroatoms. The largest absolute Gasteiger partial charge is 0.497 e. The van der Waals surface area contributed by atoms with Gasteiger partial charge in [0.2, 0.25) is 11.8 Å². The molecule has 3 aromatic rings. The van der Waals surface area contributed by atoms with Crippen LogP contribution in [0, 0.1) is 13.8 Å². The number of amides is 2. The summed E-state index contributed by atoms with van der Waals surface area (Å²) >= 11 is 1.29. The SMILES string of the molecule is C=CCn1c(SCC(=O)Nc2cccc(C)c2C)nnc1C(C)NC(=O)Cc1ccc(OC)cc1. The zero-order valence-electron chi connectivity index (χ0n) is 20.5. The molecule has 1 heterocycles. The summed E-state index contributed by atoms with van der Waals surface area (Å²) in [5.41, 5.74) is 3.85. The Balaban J connectivity index is 1.62. The van der Waals surface area contributed by atoms with Gasteiger partial charge in [-0.15, -0.1) is 16.8 Å². The van der Waals surface area contributed by atoms with Crippen LogP contribution >= 0.6 is 11.8 Å². The molecule has 0 fully saturated rings. The molecule has 35 heavy (non-hydrogen) atoms. The van der Waals surface area contributed by atoms with Crippen molar-refractivity contribution in [2.75, 3.05) is 18.2 Å². The number of ether oxygens (including phenoxy) is 1. The number of aryl methyl sites for hydroxylation is 1. The summed E-state index contributed by atoms with van der Waals surface area (Å²) in [5.74, 6) is 1.27. The van der Waals surface area contributed by atoms with E-state index in [2.05, 4.69) is 27.4 Å². The fraction of sp³-hybridized carbons (Fsp3) is 0.308. The van der Waals surface area contributed by atoms with Crippen molar-refractivity contribution in [3.05, 3.63) is 77.6 Å². The van der Waals surface area contributed by atoms with Crippen molar-refractivity contribution in [2.45, 2.75) is 44.9 Å². The topological polar surface area (TPSA) is 98.1 Å². The molecule has 3 rings (SSSR count). The van der Waals surface area contributed by atoms with Gasteiger partial charge in [0.1, 0.15) is 5.75 Å². The number of allylic oxidation sites excluding steroid dienone is 1. The molecule has 0 saturated carbocycles. The number of aromatic nitrogens is 3. The molecular formula is C26H31N5O3S. The second-order valence-electron chi connectivity index (χ2n) is 8.14. The predicted molar refractivity (Wildman–Crippen MR) is 139 cm³/mol. The summed E-state index contributed by atoms with van der Waals surface area (Å²) in [6.07, 6.45) is 1.98. The van der Waals surface area contributed by atoms with E-state index in [1.165, 1.54) is 11.8 Å². The summed E-state index contributed by atoms with van der Waals surface area (Å²) in [7, 11) is 1.60. The van der Waals surface area contributed by atoms with Crippen LogP contribution in [0.1, 0.15) is 35.5 Å². The maximum atomic E-state index is 12.6. The Kier molecular flexibility index (Phi) is 9.08. The van der Waals surface area contributed by atoms with Gasteiger partial charge in [-0.25, -0.2) is 0 Å². The van der Waals surface area contributed by atoms with Gasteiger partial charge in [0.25, 0.3) is 0 Å². The van der Waals surface area contributed by atoms with Crippen LogP contribution in [0.3, 0.4) is 0 Å². The number of carbonyl (C=O) groups is 2. The summed E-state index contributed by atoms with van der Waals surface area (Å²) in [4.78, 5) is 25.1. The molecule has 1 unspecified atom stereocenters. The van der Waals surface area contributed by atoms with Gasteiger partial charge in [-0.1, -0.05) is 42.1 Å². The lowest BCUT2D eigenvalue weighted by Gasteiger charge is -2.15. The zero-order chi connectivity index (χ0) is 25.4. The number of rotatable bonds is 11. The highest BCUT2D eigenvalue weighted by atomic mass is 32.2. The van der Waals surface area contributed by atoms with Crippen molar-refractivity contribution in [3.8, 4) is 5.75 Å². The maximum Gasteiger partial charge on any atom is 0.234 e. The van der Waals surface area contributed by atoms with E-state index in [1.54, 1.807) is 13.2 Å². The van der Waals surface area contributed by atoms with Gasteiger partial charge in [0.05, 0.1) is 25.3 Å². The molecule has 2 amide bonds. The molecule has 2 aromatic carbocycles. The fourth-order valence-corrected chi connectivity index (χ4v) is 4.27. The van der Waals surface area contributed by atoms with Crippen molar-refractivity contribution >= 4 is 29.3 Å². The first-order valence-electron chi connectivity index (χ1n) is 11.3. The van der Waals surface area contributed by atoms with E-state index >= 15 is 0 Å². The maximum absolute atomic E-state index is 12.6. The lowest BCUT2D eigenvalue weighted by molar-refractivity contribution is -0.121. The van der Waals surface area contributed by atoms with Gasteiger partial charge in [0, 0.05) is 12.2 Å². The monoisotopic (exact) mass is 493 g/mol. The van der Waals surface area contributed by atoms with Crippen LogP contribution in [0.15, 0.2) is 60.3 Å². The highest BCUT2D eigenvalue weighted by molar-refractivity contribution is 7.99. The van der Waals surface area contributed by atoms with Crippen molar-refractivity contribution in [1.82, 2.24) is 20.1 Å². The van der Waals surface area contributed by atoms with Crippen molar-refractivity contribution in [2.24, 2.45) is 0 Å². The summed E-state index contributed by atoms with van der Waals surface area (Å²) < 4.78 is 7.02. The van der Waals surface area contributed by atoms with Gasteiger partial charge in [0.15, 0.2) is 11.0 Å². The summed E-state index contributed by atoms with van der Waals surface area (Å²) in [5, 5.41) is 15.1. The van der Waals surface area contributed by atoms with Gasteiger partial charge < -0.3 is 19.9 Å². The zero-order valence-corrected chi connectivity index (χ0v) is 21.3. The molecule has 0 aliphatic heterocycles. The highest BCUT2D eigenvalue weighted by Gasteiger charge is 2.20. The third kappa shape index (κ3) is 6.95. The van der Waals surface area contributed by atoms with Gasteiger partial charge >= 0.3 is 0 Å². The molecule has 2 N–H and O–H groups in total. The quantitative estimate of drug-likeness (QED) is 0.306. The second kappa shape index (κ2) is 12.2. The van der Waals surface area contributed by atoms with Gasteiger partial charge in [-0.05, 0) is 55.7 Å². The van der Waals surface area contributed by atoms with Crippen LogP contribution in [-0.4, -0.2) is 39.4 Å². The van der Waals surface area contributed by atoms with E-state index in [0.717, 1.165) is 28.1 Å². The minimum absolute atomic E-state index is 0.126. The molecule has 0 aliphatic rings. The number of hydrogen-bond acceptors (Lipinski definition) is 6. The number of carbonyl (C=O) groups excluding carboxylic acids is 2. The standard InChI is InChI=1S/C26H31N5O3S/c1-6-14-31-25(19(4)27-23(32)15-20-10-12-21(34-5)13-11-20)29-30-26(31)35-16-24(33)28-22-9-7-8-17(2)18(22)3/h6-13,19H,1,14-16H2,2-5H3,(H,27,32)(H,28,33).